The summed E-state index contributed by atoms with van der Waals surface area (Å²) in [6.45, 7) is 0. The van der Waals surface area contributed by atoms with Crippen LogP contribution in [-0.4, -0.2) is 22.7 Å². The molecule has 6 nitrogen and oxygen atoms in total. The number of imide groups is 1. The van der Waals surface area contributed by atoms with E-state index >= 15 is 0 Å². The van der Waals surface area contributed by atoms with Crippen molar-refractivity contribution in [1.82, 2.24) is 10.4 Å². The molecule has 2 atom stereocenters. The second kappa shape index (κ2) is 4.38. The highest BCUT2D eigenvalue weighted by Gasteiger charge is 2.48. The highest BCUT2D eigenvalue weighted by molar-refractivity contribution is 6.07. The van der Waals surface area contributed by atoms with E-state index in [0.717, 1.165) is 5.01 Å². The second-order valence-electron chi connectivity index (χ2n) is 4.59. The first-order chi connectivity index (χ1) is 9.18. The number of carbonyl (C=O) groups is 3. The Balaban J connectivity index is 1.77. The first-order valence-electron chi connectivity index (χ1n) is 6.06. The van der Waals surface area contributed by atoms with Crippen LogP contribution >= 0.6 is 0 Å². The number of nitrogens with zero attached hydrogens (tertiary/aromatic N) is 1. The lowest BCUT2D eigenvalue weighted by molar-refractivity contribution is -0.142. The molecule has 19 heavy (non-hydrogen) atoms. The Morgan fingerprint density at radius 1 is 1.21 bits per heavy atom. The highest BCUT2D eigenvalue weighted by Crippen LogP contribution is 2.34. The zero-order valence-corrected chi connectivity index (χ0v) is 10.0. The van der Waals surface area contributed by atoms with Gasteiger partial charge in [0, 0.05) is 0 Å². The van der Waals surface area contributed by atoms with Crippen LogP contribution < -0.4 is 5.43 Å². The molecule has 1 saturated heterocycles. The molecule has 1 aliphatic heterocycles. The Bertz CT molecular complexity index is 535. The minimum absolute atomic E-state index is 0.0635. The SMILES string of the molecule is O=C(NN1C(=O)[C@H]2CC=CC[C@H]2C1=O)c1ccco1. The molecule has 0 bridgehead atoms. The van der Waals surface area contributed by atoms with Crippen LogP contribution in [0.15, 0.2) is 35.0 Å². The summed E-state index contributed by atoms with van der Waals surface area (Å²) in [5.74, 6) is -1.94. The average molecular weight is 260 g/mol. The minimum Gasteiger partial charge on any atom is -0.459 e. The van der Waals surface area contributed by atoms with Gasteiger partial charge in [0.1, 0.15) is 0 Å². The van der Waals surface area contributed by atoms with E-state index in [-0.39, 0.29) is 29.4 Å². The average Bonchev–Trinajstić information content (AvgIpc) is 3.03. The lowest BCUT2D eigenvalue weighted by atomic mass is 9.85. The number of nitrogens with one attached hydrogen (secondary N) is 1. The summed E-state index contributed by atoms with van der Waals surface area (Å²) in [5, 5.41) is 0.827. The molecule has 0 radical (unpaired) electrons. The first-order valence-corrected chi connectivity index (χ1v) is 6.06. The monoisotopic (exact) mass is 260 g/mol. The number of carbonyl (C=O) groups excluding carboxylic acids is 3. The summed E-state index contributed by atoms with van der Waals surface area (Å²) in [6.07, 6.45) is 6.23. The van der Waals surface area contributed by atoms with E-state index in [1.54, 1.807) is 6.07 Å². The van der Waals surface area contributed by atoms with Crippen LogP contribution in [0.4, 0.5) is 0 Å². The molecule has 1 fully saturated rings. The normalized spacial score (nSPS) is 25.6. The summed E-state index contributed by atoms with van der Waals surface area (Å²) >= 11 is 0. The molecule has 3 amide bonds. The third-order valence-corrected chi connectivity index (χ3v) is 3.47. The molecule has 0 saturated carbocycles. The third-order valence-electron chi connectivity index (χ3n) is 3.47. The Morgan fingerprint density at radius 3 is 2.37 bits per heavy atom. The summed E-state index contributed by atoms with van der Waals surface area (Å²) in [5.41, 5.74) is 2.31. The van der Waals surface area contributed by atoms with Gasteiger partial charge >= 0.3 is 5.91 Å². The molecule has 98 valence electrons. The van der Waals surface area contributed by atoms with Crippen LogP contribution in [0.2, 0.25) is 0 Å². The quantitative estimate of drug-likeness (QED) is 0.632. The van der Waals surface area contributed by atoms with Crippen molar-refractivity contribution in [3.8, 4) is 0 Å². The van der Waals surface area contributed by atoms with Crippen LogP contribution in [0.3, 0.4) is 0 Å². The van der Waals surface area contributed by atoms with Crippen molar-refractivity contribution in [3.05, 3.63) is 36.3 Å². The third kappa shape index (κ3) is 1.85. The molecular formula is C13H12N2O4. The molecule has 0 aromatic carbocycles. The maximum Gasteiger partial charge on any atom is 0.305 e. The Hall–Kier alpha value is -2.37. The number of hydrogen-bond donors (Lipinski definition) is 1. The van der Waals surface area contributed by atoms with Gasteiger partial charge in [-0.1, -0.05) is 12.2 Å². The maximum absolute atomic E-state index is 12.1. The predicted octanol–water partition coefficient (Wildman–Crippen LogP) is 0.876. The van der Waals surface area contributed by atoms with Crippen LogP contribution in [0, 0.1) is 11.8 Å². The van der Waals surface area contributed by atoms with Crippen molar-refractivity contribution >= 4 is 17.7 Å². The van der Waals surface area contributed by atoms with Gasteiger partial charge in [-0.25, -0.2) is 0 Å². The van der Waals surface area contributed by atoms with E-state index in [1.807, 2.05) is 12.2 Å². The number of hydrazine groups is 1. The van der Waals surface area contributed by atoms with E-state index in [4.69, 9.17) is 4.42 Å². The van der Waals surface area contributed by atoms with Gasteiger partial charge in [0.2, 0.25) is 0 Å². The largest absolute Gasteiger partial charge is 0.459 e. The van der Waals surface area contributed by atoms with Crippen molar-refractivity contribution in [2.75, 3.05) is 0 Å². The number of allylic oxidation sites excluding steroid dienone is 2. The van der Waals surface area contributed by atoms with E-state index in [2.05, 4.69) is 5.43 Å². The minimum atomic E-state index is -0.599. The molecule has 1 N–H and O–H groups in total. The lowest BCUT2D eigenvalue weighted by Gasteiger charge is -2.14. The fourth-order valence-corrected chi connectivity index (χ4v) is 2.47. The topological polar surface area (TPSA) is 79.6 Å². The van der Waals surface area contributed by atoms with Crippen molar-refractivity contribution in [1.29, 1.82) is 0 Å². The van der Waals surface area contributed by atoms with Gasteiger partial charge in [0.05, 0.1) is 18.1 Å². The fourth-order valence-electron chi connectivity index (χ4n) is 2.47. The maximum atomic E-state index is 12.1. The second-order valence-corrected chi connectivity index (χ2v) is 4.59. The molecular weight excluding hydrogens is 248 g/mol. The smallest absolute Gasteiger partial charge is 0.305 e. The van der Waals surface area contributed by atoms with Crippen molar-refractivity contribution in [3.63, 3.8) is 0 Å². The Labute approximate surface area is 109 Å². The zero-order chi connectivity index (χ0) is 13.4. The number of furan rings is 1. The van der Waals surface area contributed by atoms with Crippen LogP contribution in [0.25, 0.3) is 0 Å². The standard InChI is InChI=1S/C13H12N2O4/c16-11(10-6-3-7-19-10)14-15-12(17)8-4-1-2-5-9(8)13(15)18/h1-3,6-9H,4-5H2,(H,14,16)/t8-,9+. The predicted molar refractivity (Wildman–Crippen MR) is 63.4 cm³/mol. The Morgan fingerprint density at radius 2 is 1.84 bits per heavy atom. The molecule has 1 aromatic rings. The molecule has 0 spiro atoms. The lowest BCUT2D eigenvalue weighted by Crippen LogP contribution is -2.46. The molecule has 2 heterocycles. The molecule has 6 heteroatoms. The van der Waals surface area contributed by atoms with E-state index in [0.29, 0.717) is 12.8 Å². The first kappa shape index (κ1) is 11.7. The van der Waals surface area contributed by atoms with Gasteiger partial charge in [0.25, 0.3) is 11.8 Å². The number of hydrogen-bond acceptors (Lipinski definition) is 4. The zero-order valence-electron chi connectivity index (χ0n) is 10.0. The van der Waals surface area contributed by atoms with Crippen LogP contribution in [0.5, 0.6) is 0 Å². The number of fused-ring (bicyclic) bond motifs is 1. The van der Waals surface area contributed by atoms with Gasteiger partial charge in [-0.2, -0.15) is 5.01 Å². The summed E-state index contributed by atoms with van der Waals surface area (Å²) in [4.78, 5) is 36.0. The molecule has 2 aliphatic rings. The van der Waals surface area contributed by atoms with Gasteiger partial charge in [-0.05, 0) is 25.0 Å². The number of amides is 3. The summed E-state index contributed by atoms with van der Waals surface area (Å²) in [7, 11) is 0. The molecule has 0 unspecified atom stereocenters. The summed E-state index contributed by atoms with van der Waals surface area (Å²) in [6, 6.07) is 3.03. The van der Waals surface area contributed by atoms with Crippen molar-refractivity contribution < 1.29 is 18.8 Å². The van der Waals surface area contributed by atoms with Crippen molar-refractivity contribution in [2.24, 2.45) is 11.8 Å². The van der Waals surface area contributed by atoms with Gasteiger partial charge in [0.15, 0.2) is 5.76 Å². The molecule has 3 rings (SSSR count). The van der Waals surface area contributed by atoms with Crippen molar-refractivity contribution in [2.45, 2.75) is 12.8 Å². The molecule has 1 aromatic heterocycles. The highest BCUT2D eigenvalue weighted by atomic mass is 16.3. The summed E-state index contributed by atoms with van der Waals surface area (Å²) < 4.78 is 4.92. The van der Waals surface area contributed by atoms with Gasteiger partial charge in [-0.3, -0.25) is 19.8 Å². The van der Waals surface area contributed by atoms with E-state index in [1.165, 1.54) is 12.3 Å². The fraction of sp³-hybridized carbons (Fsp3) is 0.308. The van der Waals surface area contributed by atoms with Gasteiger partial charge < -0.3 is 4.42 Å². The Kier molecular flexibility index (Phi) is 2.70. The van der Waals surface area contributed by atoms with E-state index < -0.39 is 5.91 Å². The van der Waals surface area contributed by atoms with E-state index in [9.17, 15) is 14.4 Å². The number of rotatable bonds is 2. The van der Waals surface area contributed by atoms with Gasteiger partial charge in [-0.15, -0.1) is 0 Å². The molecule has 1 aliphatic carbocycles. The van der Waals surface area contributed by atoms with Crippen LogP contribution in [-0.2, 0) is 9.59 Å². The van der Waals surface area contributed by atoms with Crippen LogP contribution in [0.1, 0.15) is 23.4 Å².